The second-order valence-corrected chi connectivity index (χ2v) is 15.3. The summed E-state index contributed by atoms with van der Waals surface area (Å²) in [6, 6.07) is 51.6. The molecule has 1 aliphatic rings. The molecule has 0 saturated heterocycles. The lowest BCUT2D eigenvalue weighted by Crippen LogP contribution is -2.36. The maximum absolute atomic E-state index is 5.55. The van der Waals surface area contributed by atoms with Gasteiger partial charge >= 0.3 is 0 Å². The van der Waals surface area contributed by atoms with E-state index in [-0.39, 0.29) is 16.2 Å². The molecule has 0 bridgehead atoms. The quantitative estimate of drug-likeness (QED) is 0.179. The van der Waals surface area contributed by atoms with Crippen LogP contribution in [0.1, 0.15) is 66.3 Å². The molecule has 0 atom stereocenters. The van der Waals surface area contributed by atoms with Crippen LogP contribution in [0.4, 0.5) is 0 Å². The molecule has 238 valence electrons. The van der Waals surface area contributed by atoms with E-state index in [0.29, 0.717) is 0 Å². The Morgan fingerprint density at radius 2 is 1.02 bits per heavy atom. The summed E-state index contributed by atoms with van der Waals surface area (Å²) in [5.41, 5.74) is 11.6. The molecule has 0 amide bonds. The highest BCUT2D eigenvalue weighted by Crippen LogP contribution is 2.57. The van der Waals surface area contributed by atoms with Crippen molar-refractivity contribution in [3.63, 3.8) is 0 Å². The Bertz CT molecular complexity index is 2090. The first kappa shape index (κ1) is 30.4. The number of nitrogens with zero attached hydrogens (tertiary/aromatic N) is 1. The van der Waals surface area contributed by atoms with Crippen LogP contribution in [0, 0.1) is 0 Å². The molecular formula is C46H44N2. The van der Waals surface area contributed by atoms with Crippen LogP contribution >= 0.6 is 0 Å². The van der Waals surface area contributed by atoms with E-state index >= 15 is 0 Å². The van der Waals surface area contributed by atoms with Crippen LogP contribution in [-0.2, 0) is 41.9 Å². The molecule has 48 heavy (non-hydrogen) atoms. The van der Waals surface area contributed by atoms with Crippen LogP contribution in [0.25, 0.3) is 21.8 Å². The average molecular weight is 625 g/mol. The highest BCUT2D eigenvalue weighted by Gasteiger charge is 2.54. The lowest BCUT2D eigenvalue weighted by molar-refractivity contribution is 0.303. The van der Waals surface area contributed by atoms with Gasteiger partial charge in [-0.2, -0.15) is 0 Å². The van der Waals surface area contributed by atoms with E-state index in [4.69, 9.17) is 4.98 Å². The first-order valence-electron chi connectivity index (χ1n) is 17.4. The maximum atomic E-state index is 5.55. The second kappa shape index (κ2) is 11.9. The molecule has 0 fully saturated rings. The van der Waals surface area contributed by atoms with Gasteiger partial charge in [-0.05, 0) is 83.0 Å². The Balaban J connectivity index is 1.47. The molecule has 1 aliphatic carbocycles. The third-order valence-corrected chi connectivity index (χ3v) is 10.8. The number of nitrogens with one attached hydrogen (secondary N) is 1. The zero-order valence-electron chi connectivity index (χ0n) is 28.3. The molecule has 0 spiro atoms. The van der Waals surface area contributed by atoms with Gasteiger partial charge in [0.2, 0.25) is 0 Å². The number of hydrogen-bond acceptors (Lipinski definition) is 1. The number of pyridine rings is 1. The van der Waals surface area contributed by atoms with Gasteiger partial charge < -0.3 is 4.98 Å². The summed E-state index contributed by atoms with van der Waals surface area (Å²) in [5.74, 6) is 0. The highest BCUT2D eigenvalue weighted by molar-refractivity contribution is 6.10. The molecule has 1 N–H and O–H groups in total. The molecule has 5 aromatic carbocycles. The molecule has 2 heteroatoms. The Kier molecular flexibility index (Phi) is 7.56. The minimum atomic E-state index is -0.193. The van der Waals surface area contributed by atoms with Gasteiger partial charge in [0.15, 0.2) is 0 Å². The van der Waals surface area contributed by atoms with E-state index in [9.17, 15) is 0 Å². The minimum Gasteiger partial charge on any atom is -0.353 e. The fourth-order valence-electron chi connectivity index (χ4n) is 8.76. The Hall–Kier alpha value is -4.95. The smallest absolute Gasteiger partial charge is 0.0654 e. The van der Waals surface area contributed by atoms with Gasteiger partial charge in [0.05, 0.1) is 17.4 Å². The second-order valence-electron chi connectivity index (χ2n) is 15.3. The summed E-state index contributed by atoms with van der Waals surface area (Å²) < 4.78 is 0. The van der Waals surface area contributed by atoms with Crippen molar-refractivity contribution in [1.29, 1.82) is 0 Å². The average Bonchev–Trinajstić information content (AvgIpc) is 3.58. The predicted octanol–water partition coefficient (Wildman–Crippen LogP) is 10.9. The predicted molar refractivity (Wildman–Crippen MR) is 201 cm³/mol. The van der Waals surface area contributed by atoms with Crippen LogP contribution in [0.3, 0.4) is 0 Å². The fourth-order valence-corrected chi connectivity index (χ4v) is 8.76. The number of rotatable bonds is 8. The normalized spacial score (nSPS) is 15.1. The number of aromatic nitrogens is 2. The summed E-state index contributed by atoms with van der Waals surface area (Å²) in [7, 11) is 0. The molecular weight excluding hydrogens is 581 g/mol. The summed E-state index contributed by atoms with van der Waals surface area (Å²) >= 11 is 0. The van der Waals surface area contributed by atoms with Crippen LogP contribution < -0.4 is 0 Å². The number of fused-ring (bicyclic) bond motifs is 5. The van der Waals surface area contributed by atoms with Crippen molar-refractivity contribution in [2.45, 2.75) is 69.1 Å². The molecule has 8 rings (SSSR count). The number of aromatic amines is 1. The standard InChI is InChI=1S/C46H44N2/c1-44(2,3)37-24-25-39-38(26-37)41-40(48-39)31-47-43-42(41)45(27-33-16-8-4-9-17-33,28-34-18-10-5-11-19-34)32-46(43,29-35-20-12-6-13-21-35)30-36-22-14-7-15-23-36/h4-26,31,48H,27-30,32H2,1-3H3. The zero-order valence-corrected chi connectivity index (χ0v) is 28.3. The van der Waals surface area contributed by atoms with Gasteiger partial charge in [-0.1, -0.05) is 148 Å². The lowest BCUT2D eigenvalue weighted by atomic mass is 9.67. The molecule has 2 aromatic heterocycles. The largest absolute Gasteiger partial charge is 0.353 e. The highest BCUT2D eigenvalue weighted by atomic mass is 14.8. The summed E-state index contributed by atoms with van der Waals surface area (Å²) in [6.45, 7) is 6.94. The Labute approximate surface area is 284 Å². The van der Waals surface area contributed by atoms with Crippen molar-refractivity contribution in [3.05, 3.63) is 185 Å². The van der Waals surface area contributed by atoms with Crippen molar-refractivity contribution in [2.24, 2.45) is 0 Å². The van der Waals surface area contributed by atoms with E-state index in [0.717, 1.165) is 37.6 Å². The third kappa shape index (κ3) is 5.54. The summed E-state index contributed by atoms with van der Waals surface area (Å²) in [5, 5.41) is 2.67. The Morgan fingerprint density at radius 1 is 0.562 bits per heavy atom. The third-order valence-electron chi connectivity index (χ3n) is 10.8. The van der Waals surface area contributed by atoms with E-state index in [1.54, 1.807) is 0 Å². The number of benzene rings is 5. The summed E-state index contributed by atoms with van der Waals surface area (Å²) in [4.78, 5) is 9.36. The van der Waals surface area contributed by atoms with E-state index in [2.05, 4.69) is 171 Å². The first-order valence-corrected chi connectivity index (χ1v) is 17.4. The number of H-pyrrole nitrogens is 1. The van der Waals surface area contributed by atoms with Crippen molar-refractivity contribution in [1.82, 2.24) is 9.97 Å². The van der Waals surface area contributed by atoms with Gasteiger partial charge in [-0.3, -0.25) is 4.98 Å². The van der Waals surface area contributed by atoms with Crippen molar-refractivity contribution in [2.75, 3.05) is 0 Å². The molecule has 0 saturated carbocycles. The van der Waals surface area contributed by atoms with E-state index in [1.807, 2.05) is 0 Å². The topological polar surface area (TPSA) is 28.7 Å². The van der Waals surface area contributed by atoms with Gasteiger partial charge in [0.25, 0.3) is 0 Å². The first-order chi connectivity index (χ1) is 23.3. The maximum Gasteiger partial charge on any atom is 0.0654 e. The van der Waals surface area contributed by atoms with Gasteiger partial charge in [-0.15, -0.1) is 0 Å². The molecule has 0 radical (unpaired) electrons. The van der Waals surface area contributed by atoms with Gasteiger partial charge in [0.1, 0.15) is 0 Å². The van der Waals surface area contributed by atoms with Crippen molar-refractivity contribution in [3.8, 4) is 0 Å². The lowest BCUT2D eigenvalue weighted by Gasteiger charge is -2.36. The van der Waals surface area contributed by atoms with E-state index in [1.165, 1.54) is 55.4 Å². The zero-order chi connectivity index (χ0) is 32.8. The fraction of sp³-hybridized carbons (Fsp3) is 0.239. The SMILES string of the molecule is CC(C)(C)c1ccc2[nH]c3cnc4c(c3c2c1)C(Cc1ccccc1)(Cc1ccccc1)CC4(Cc1ccccc1)Cc1ccccc1. The van der Waals surface area contributed by atoms with Gasteiger partial charge in [-0.25, -0.2) is 0 Å². The minimum absolute atomic E-state index is 0.0452. The van der Waals surface area contributed by atoms with Crippen molar-refractivity contribution >= 4 is 21.8 Å². The number of hydrogen-bond donors (Lipinski definition) is 1. The summed E-state index contributed by atoms with van der Waals surface area (Å²) in [6.07, 6.45) is 6.93. The van der Waals surface area contributed by atoms with E-state index < -0.39 is 0 Å². The molecule has 2 nitrogen and oxygen atoms in total. The molecule has 7 aromatic rings. The monoisotopic (exact) mass is 624 g/mol. The molecule has 0 aliphatic heterocycles. The van der Waals surface area contributed by atoms with Crippen LogP contribution in [-0.4, -0.2) is 9.97 Å². The Morgan fingerprint density at radius 3 is 1.48 bits per heavy atom. The molecule has 0 unspecified atom stereocenters. The van der Waals surface area contributed by atoms with Crippen molar-refractivity contribution < 1.29 is 0 Å². The van der Waals surface area contributed by atoms with Crippen LogP contribution in [0.5, 0.6) is 0 Å². The molecule has 2 heterocycles. The van der Waals surface area contributed by atoms with Crippen LogP contribution in [0.2, 0.25) is 0 Å². The van der Waals surface area contributed by atoms with Crippen LogP contribution in [0.15, 0.2) is 146 Å². The van der Waals surface area contributed by atoms with Gasteiger partial charge in [0, 0.05) is 27.1 Å².